The van der Waals surface area contributed by atoms with E-state index in [0.717, 1.165) is 23.8 Å². The predicted octanol–water partition coefficient (Wildman–Crippen LogP) is 6.74. The number of aromatic carboxylic acids is 2. The second kappa shape index (κ2) is 12.0. The zero-order valence-corrected chi connectivity index (χ0v) is 21.0. The van der Waals surface area contributed by atoms with Crippen LogP contribution < -0.4 is 4.74 Å². The summed E-state index contributed by atoms with van der Waals surface area (Å²) in [5.41, 5.74) is 0.952. The van der Waals surface area contributed by atoms with Crippen LogP contribution in [0.3, 0.4) is 0 Å². The van der Waals surface area contributed by atoms with Crippen LogP contribution in [0.5, 0.6) is 5.75 Å². The molecule has 3 N–H and O–H groups in total. The molecule has 0 spiro atoms. The molecule has 0 fully saturated rings. The van der Waals surface area contributed by atoms with Gasteiger partial charge in [-0.3, -0.25) is 0 Å². The number of hydrogen-bond acceptors (Lipinski definition) is 4. The van der Waals surface area contributed by atoms with Crippen LogP contribution in [0.4, 0.5) is 13.2 Å². The summed E-state index contributed by atoms with van der Waals surface area (Å²) >= 11 is 0. The Labute approximate surface area is 227 Å². The molecule has 4 aromatic carbocycles. The van der Waals surface area contributed by atoms with E-state index < -0.39 is 29.8 Å². The van der Waals surface area contributed by atoms with Crippen molar-refractivity contribution in [2.45, 2.75) is 18.7 Å². The Bertz CT molecular complexity index is 1490. The van der Waals surface area contributed by atoms with E-state index in [2.05, 4.69) is 0 Å². The molecule has 0 bridgehead atoms. The van der Waals surface area contributed by atoms with Gasteiger partial charge < -0.3 is 20.1 Å². The van der Waals surface area contributed by atoms with Gasteiger partial charge in [-0.05, 0) is 59.5 Å². The fourth-order valence-electron chi connectivity index (χ4n) is 4.43. The molecule has 5 rings (SSSR count). The molecular weight excluding hydrogens is 525 g/mol. The van der Waals surface area contributed by atoms with Gasteiger partial charge in [0, 0.05) is 11.5 Å². The lowest BCUT2D eigenvalue weighted by atomic mass is 9.87. The van der Waals surface area contributed by atoms with Crippen LogP contribution in [-0.2, 0) is 12.6 Å². The van der Waals surface area contributed by atoms with Gasteiger partial charge in [0.2, 0.25) is 0 Å². The number of hydrogen-bond donors (Lipinski definition) is 3. The van der Waals surface area contributed by atoms with E-state index in [0.29, 0.717) is 23.3 Å². The number of benzene rings is 4. The fraction of sp³-hybridized carbons (Fsp3) is 0.161. The van der Waals surface area contributed by atoms with Crippen LogP contribution in [0, 0.1) is 5.92 Å². The molecule has 1 aliphatic rings. The first-order valence-corrected chi connectivity index (χ1v) is 12.3. The highest BCUT2D eigenvalue weighted by Crippen LogP contribution is 2.41. The van der Waals surface area contributed by atoms with Crippen LogP contribution in [0.2, 0.25) is 0 Å². The van der Waals surface area contributed by atoms with Gasteiger partial charge in [0.05, 0.1) is 29.4 Å². The Hall–Kier alpha value is -4.63. The van der Waals surface area contributed by atoms with E-state index in [1.807, 2.05) is 30.3 Å². The normalized spacial score (nSPS) is 16.1. The molecule has 40 heavy (non-hydrogen) atoms. The van der Waals surface area contributed by atoms with Crippen LogP contribution in [-0.4, -0.2) is 33.9 Å². The largest absolute Gasteiger partial charge is 0.493 e. The summed E-state index contributed by atoms with van der Waals surface area (Å²) in [7, 11) is 0. The summed E-state index contributed by atoms with van der Waals surface area (Å²) in [5, 5.41) is 28.6. The Kier molecular flexibility index (Phi) is 8.55. The first-order valence-electron chi connectivity index (χ1n) is 12.3. The predicted molar refractivity (Wildman–Crippen MR) is 141 cm³/mol. The quantitative estimate of drug-likeness (QED) is 0.254. The maximum Gasteiger partial charge on any atom is 0.416 e. The first kappa shape index (κ1) is 28.4. The molecule has 206 valence electrons. The topological polar surface area (TPSA) is 104 Å². The molecule has 4 aromatic rings. The van der Waals surface area contributed by atoms with Crippen molar-refractivity contribution in [1.29, 1.82) is 0 Å². The van der Waals surface area contributed by atoms with E-state index in [-0.39, 0.29) is 29.2 Å². The maximum absolute atomic E-state index is 13.2. The molecular formula is C31H25F3O6. The molecule has 0 radical (unpaired) electrons. The van der Waals surface area contributed by atoms with Gasteiger partial charge in [-0.1, -0.05) is 60.7 Å². The van der Waals surface area contributed by atoms with Crippen molar-refractivity contribution in [2.24, 2.45) is 5.92 Å². The van der Waals surface area contributed by atoms with E-state index in [4.69, 9.17) is 9.84 Å². The lowest BCUT2D eigenvalue weighted by molar-refractivity contribution is -0.137. The van der Waals surface area contributed by atoms with Crippen molar-refractivity contribution in [1.82, 2.24) is 0 Å². The number of halogens is 3. The summed E-state index contributed by atoms with van der Waals surface area (Å²) in [5.74, 6) is -2.05. The van der Waals surface area contributed by atoms with E-state index >= 15 is 0 Å². The number of aliphatic hydroxyl groups is 1. The highest BCUT2D eigenvalue weighted by Gasteiger charge is 2.33. The Balaban J connectivity index is 0.000000350. The molecule has 0 saturated carbocycles. The standard InChI is InChI=1S/C24H19F3O4.C7H6O2/c25-24(26,27)17-7-9-18(23(29)30)20(12-17)15-6-8-19-21(11-15)31-13-16(22(19)28)10-14-4-2-1-3-5-14;8-7(9)6-4-2-1-3-5-6/h1-9,11-12,16,22,28H,10,13H2,(H,29,30);1-5H,(H,8,9)/t16-,22+;/m0./s1. The summed E-state index contributed by atoms with van der Waals surface area (Å²) in [6, 6.07) is 25.1. The molecule has 6 nitrogen and oxygen atoms in total. The van der Waals surface area contributed by atoms with Crippen molar-refractivity contribution >= 4 is 11.9 Å². The highest BCUT2D eigenvalue weighted by atomic mass is 19.4. The number of rotatable bonds is 5. The maximum atomic E-state index is 13.2. The third-order valence-electron chi connectivity index (χ3n) is 6.48. The second-order valence-electron chi connectivity index (χ2n) is 9.19. The SMILES string of the molecule is O=C(O)c1ccc(C(F)(F)F)cc1-c1ccc2c(c1)OC[C@H](Cc1ccccc1)[C@H]2O.O=C(O)c1ccccc1. The van der Waals surface area contributed by atoms with Gasteiger partial charge in [0.25, 0.3) is 0 Å². The Morgan fingerprint density at radius 3 is 2.05 bits per heavy atom. The monoisotopic (exact) mass is 550 g/mol. The average molecular weight is 551 g/mol. The zero-order valence-electron chi connectivity index (χ0n) is 21.0. The van der Waals surface area contributed by atoms with Crippen molar-refractivity contribution < 1.29 is 42.8 Å². The lowest BCUT2D eigenvalue weighted by Crippen LogP contribution is -2.27. The smallest absolute Gasteiger partial charge is 0.416 e. The minimum absolute atomic E-state index is 0.0605. The van der Waals surface area contributed by atoms with Gasteiger partial charge in [-0.15, -0.1) is 0 Å². The zero-order chi connectivity index (χ0) is 28.9. The third-order valence-corrected chi connectivity index (χ3v) is 6.48. The number of aliphatic hydroxyl groups excluding tert-OH is 1. The van der Waals surface area contributed by atoms with Gasteiger partial charge in [-0.25, -0.2) is 9.59 Å². The molecule has 0 aromatic heterocycles. The molecule has 2 atom stereocenters. The Morgan fingerprint density at radius 1 is 0.825 bits per heavy atom. The van der Waals surface area contributed by atoms with Crippen molar-refractivity contribution in [2.75, 3.05) is 6.61 Å². The van der Waals surface area contributed by atoms with Gasteiger partial charge in [0.1, 0.15) is 5.75 Å². The number of carbonyl (C=O) groups is 2. The lowest BCUT2D eigenvalue weighted by Gasteiger charge is -2.31. The molecule has 9 heteroatoms. The highest BCUT2D eigenvalue weighted by molar-refractivity contribution is 5.96. The van der Waals surface area contributed by atoms with Crippen LogP contribution >= 0.6 is 0 Å². The van der Waals surface area contributed by atoms with E-state index in [1.165, 1.54) is 12.1 Å². The number of carboxylic acids is 2. The summed E-state index contributed by atoms with van der Waals surface area (Å²) in [6.07, 6.45) is -4.80. The minimum atomic E-state index is -4.60. The summed E-state index contributed by atoms with van der Waals surface area (Å²) < 4.78 is 45.3. The molecule has 0 saturated heterocycles. The van der Waals surface area contributed by atoms with Crippen LogP contribution in [0.25, 0.3) is 11.1 Å². The number of alkyl halides is 3. The third kappa shape index (κ3) is 6.68. The molecule has 0 unspecified atom stereocenters. The number of ether oxygens (including phenoxy) is 1. The van der Waals surface area contributed by atoms with Gasteiger partial charge in [0.15, 0.2) is 0 Å². The van der Waals surface area contributed by atoms with E-state index in [9.17, 15) is 33.0 Å². The van der Waals surface area contributed by atoms with Crippen molar-refractivity contribution in [3.63, 3.8) is 0 Å². The van der Waals surface area contributed by atoms with Crippen molar-refractivity contribution in [3.8, 4) is 16.9 Å². The number of fused-ring (bicyclic) bond motifs is 1. The minimum Gasteiger partial charge on any atom is -0.493 e. The average Bonchev–Trinajstić information content (AvgIpc) is 2.95. The fourth-order valence-corrected chi connectivity index (χ4v) is 4.43. The molecule has 1 heterocycles. The molecule has 1 aliphatic heterocycles. The molecule has 0 amide bonds. The summed E-state index contributed by atoms with van der Waals surface area (Å²) in [4.78, 5) is 21.8. The second-order valence-corrected chi connectivity index (χ2v) is 9.19. The first-order chi connectivity index (χ1) is 19.0. The van der Waals surface area contributed by atoms with Crippen LogP contribution in [0.1, 0.15) is 43.5 Å². The Morgan fingerprint density at radius 2 is 1.48 bits per heavy atom. The molecule has 0 aliphatic carbocycles. The van der Waals surface area contributed by atoms with Gasteiger partial charge >= 0.3 is 18.1 Å². The van der Waals surface area contributed by atoms with Crippen molar-refractivity contribution in [3.05, 3.63) is 125 Å². The van der Waals surface area contributed by atoms with E-state index in [1.54, 1.807) is 36.4 Å². The van der Waals surface area contributed by atoms with Gasteiger partial charge in [-0.2, -0.15) is 13.2 Å². The summed E-state index contributed by atoms with van der Waals surface area (Å²) in [6.45, 7) is 0.237. The van der Waals surface area contributed by atoms with Crippen LogP contribution in [0.15, 0.2) is 97.1 Å². The number of carboxylic acid groups (broad SMARTS) is 2.